The highest BCUT2D eigenvalue weighted by molar-refractivity contribution is 6.30. The van der Waals surface area contributed by atoms with Gasteiger partial charge in [0.25, 0.3) is 5.91 Å². The van der Waals surface area contributed by atoms with Crippen molar-refractivity contribution in [3.8, 4) is 11.1 Å². The standard InChI is InChI=1S/C24H28ClN3O5.C2H6/c1-24(2,3)33-23(31)27-11-12-28(20(14-27)22(30)32-4)21(29)18-13-16(7-10-19(18)26)15-5-8-17(25)9-6-15;1-2/h5-10,13,20H,11-12,14,26H2,1-4H3;1-2H3. The van der Waals surface area contributed by atoms with Crippen LogP contribution in [0, 0.1) is 0 Å². The fourth-order valence-corrected chi connectivity index (χ4v) is 3.70. The number of amides is 2. The number of carbonyl (C=O) groups is 3. The lowest BCUT2D eigenvalue weighted by Crippen LogP contribution is -2.60. The number of nitrogens with two attached hydrogens (primary N) is 1. The van der Waals surface area contributed by atoms with Gasteiger partial charge >= 0.3 is 12.1 Å². The number of methoxy groups -OCH3 is 1. The molecule has 1 aliphatic heterocycles. The second kappa shape index (κ2) is 11.9. The summed E-state index contributed by atoms with van der Waals surface area (Å²) in [5.74, 6) is -1.04. The molecular formula is C26H34ClN3O5. The average molecular weight is 504 g/mol. The van der Waals surface area contributed by atoms with E-state index >= 15 is 0 Å². The molecule has 8 nitrogen and oxygen atoms in total. The molecule has 3 rings (SSSR count). The Morgan fingerprint density at radius 2 is 1.60 bits per heavy atom. The SMILES string of the molecule is CC.COC(=O)C1CN(C(=O)OC(C)(C)C)CCN1C(=O)c1cc(-c2ccc(Cl)cc2)ccc1N. The molecule has 35 heavy (non-hydrogen) atoms. The van der Waals surface area contributed by atoms with Gasteiger partial charge in [-0.3, -0.25) is 4.79 Å². The minimum absolute atomic E-state index is 0.0376. The zero-order valence-corrected chi connectivity index (χ0v) is 21.9. The topological polar surface area (TPSA) is 102 Å². The smallest absolute Gasteiger partial charge is 0.410 e. The van der Waals surface area contributed by atoms with Gasteiger partial charge in [0.05, 0.1) is 19.2 Å². The Bertz CT molecular complexity index is 1050. The lowest BCUT2D eigenvalue weighted by atomic mass is 10.0. The summed E-state index contributed by atoms with van der Waals surface area (Å²) >= 11 is 5.97. The van der Waals surface area contributed by atoms with Gasteiger partial charge in [-0.15, -0.1) is 0 Å². The van der Waals surface area contributed by atoms with E-state index in [0.29, 0.717) is 5.02 Å². The third-order valence-corrected chi connectivity index (χ3v) is 5.48. The van der Waals surface area contributed by atoms with Crippen molar-refractivity contribution >= 4 is 35.3 Å². The first kappa shape index (κ1) is 28.0. The molecule has 1 atom stereocenters. The quantitative estimate of drug-likeness (QED) is 0.474. The van der Waals surface area contributed by atoms with Gasteiger partial charge in [0.15, 0.2) is 0 Å². The summed E-state index contributed by atoms with van der Waals surface area (Å²) in [6, 6.07) is 11.4. The van der Waals surface area contributed by atoms with Gasteiger partial charge in [-0.05, 0) is 56.2 Å². The predicted molar refractivity (Wildman–Crippen MR) is 137 cm³/mol. The van der Waals surface area contributed by atoms with Crippen LogP contribution in [0.2, 0.25) is 5.02 Å². The van der Waals surface area contributed by atoms with Crippen LogP contribution in [0.25, 0.3) is 11.1 Å². The van der Waals surface area contributed by atoms with E-state index in [1.54, 1.807) is 45.0 Å². The molecule has 1 saturated heterocycles. The van der Waals surface area contributed by atoms with E-state index in [0.717, 1.165) is 11.1 Å². The minimum atomic E-state index is -0.984. The molecule has 0 aromatic heterocycles. The zero-order valence-electron chi connectivity index (χ0n) is 21.1. The molecule has 0 saturated carbocycles. The first-order chi connectivity index (χ1) is 16.5. The van der Waals surface area contributed by atoms with Gasteiger partial charge in [0.2, 0.25) is 0 Å². The third-order valence-electron chi connectivity index (χ3n) is 5.23. The highest BCUT2D eigenvalue weighted by atomic mass is 35.5. The van der Waals surface area contributed by atoms with Crippen LogP contribution in [-0.4, -0.2) is 66.2 Å². The van der Waals surface area contributed by atoms with Crippen molar-refractivity contribution in [3.05, 3.63) is 53.1 Å². The van der Waals surface area contributed by atoms with Gasteiger partial charge in [-0.1, -0.05) is 43.6 Å². The molecule has 1 aliphatic rings. The molecule has 0 aliphatic carbocycles. The lowest BCUT2D eigenvalue weighted by molar-refractivity contribution is -0.147. The lowest BCUT2D eigenvalue weighted by Gasteiger charge is -2.40. The fraction of sp³-hybridized carbons (Fsp3) is 0.423. The maximum Gasteiger partial charge on any atom is 0.410 e. The van der Waals surface area contributed by atoms with Crippen molar-refractivity contribution < 1.29 is 23.9 Å². The molecule has 2 aromatic rings. The Morgan fingerprint density at radius 1 is 1.00 bits per heavy atom. The Kier molecular flexibility index (Phi) is 9.54. The van der Waals surface area contributed by atoms with Crippen molar-refractivity contribution in [2.45, 2.75) is 46.3 Å². The molecule has 2 N–H and O–H groups in total. The van der Waals surface area contributed by atoms with E-state index in [-0.39, 0.29) is 30.9 Å². The number of anilines is 1. The normalized spacial score (nSPS) is 15.6. The number of hydrogen-bond donors (Lipinski definition) is 1. The number of halogens is 1. The molecule has 0 spiro atoms. The van der Waals surface area contributed by atoms with E-state index in [2.05, 4.69) is 0 Å². The van der Waals surface area contributed by atoms with Crippen LogP contribution in [0.4, 0.5) is 10.5 Å². The summed E-state index contributed by atoms with van der Waals surface area (Å²) < 4.78 is 10.3. The third kappa shape index (κ3) is 7.11. The molecular weight excluding hydrogens is 470 g/mol. The molecule has 9 heteroatoms. The highest BCUT2D eigenvalue weighted by Gasteiger charge is 2.39. The minimum Gasteiger partial charge on any atom is -0.467 e. The average Bonchev–Trinajstić information content (AvgIpc) is 2.84. The predicted octanol–water partition coefficient (Wildman–Crippen LogP) is 4.85. The number of piperazine rings is 1. The molecule has 2 amide bonds. The van der Waals surface area contributed by atoms with Crippen molar-refractivity contribution in [2.24, 2.45) is 0 Å². The molecule has 0 radical (unpaired) electrons. The van der Waals surface area contributed by atoms with Crippen LogP contribution in [0.5, 0.6) is 0 Å². The van der Waals surface area contributed by atoms with E-state index in [4.69, 9.17) is 26.8 Å². The first-order valence-corrected chi connectivity index (χ1v) is 11.9. The van der Waals surface area contributed by atoms with Gasteiger partial charge in [0, 0.05) is 23.8 Å². The summed E-state index contributed by atoms with van der Waals surface area (Å²) in [4.78, 5) is 41.3. The molecule has 1 heterocycles. The summed E-state index contributed by atoms with van der Waals surface area (Å²) in [6.07, 6.45) is -0.548. The number of ether oxygens (including phenoxy) is 2. The largest absolute Gasteiger partial charge is 0.467 e. The van der Waals surface area contributed by atoms with Crippen molar-refractivity contribution in [1.29, 1.82) is 0 Å². The number of rotatable bonds is 3. The Balaban J connectivity index is 0.00000210. The highest BCUT2D eigenvalue weighted by Crippen LogP contribution is 2.27. The van der Waals surface area contributed by atoms with E-state index < -0.39 is 29.6 Å². The van der Waals surface area contributed by atoms with Crippen LogP contribution >= 0.6 is 11.6 Å². The number of hydrogen-bond acceptors (Lipinski definition) is 6. The van der Waals surface area contributed by atoms with Gasteiger partial charge in [-0.2, -0.15) is 0 Å². The second-order valence-electron chi connectivity index (χ2n) is 8.77. The number of esters is 1. The Morgan fingerprint density at radius 3 is 2.17 bits per heavy atom. The molecule has 2 aromatic carbocycles. The number of benzene rings is 2. The van der Waals surface area contributed by atoms with Crippen molar-refractivity contribution in [2.75, 3.05) is 32.5 Å². The second-order valence-corrected chi connectivity index (χ2v) is 9.21. The summed E-state index contributed by atoms with van der Waals surface area (Å²) in [7, 11) is 1.24. The van der Waals surface area contributed by atoms with Crippen LogP contribution in [0.15, 0.2) is 42.5 Å². The Labute approximate surface area is 211 Å². The maximum atomic E-state index is 13.5. The van der Waals surface area contributed by atoms with Crippen LogP contribution < -0.4 is 5.73 Å². The van der Waals surface area contributed by atoms with Gasteiger partial charge in [-0.25, -0.2) is 9.59 Å². The van der Waals surface area contributed by atoms with Crippen LogP contribution in [0.3, 0.4) is 0 Å². The summed E-state index contributed by atoms with van der Waals surface area (Å²) in [5.41, 5.74) is 7.66. The Hall–Kier alpha value is -3.26. The number of carbonyl (C=O) groups excluding carboxylic acids is 3. The zero-order chi connectivity index (χ0) is 26.3. The molecule has 1 unspecified atom stereocenters. The van der Waals surface area contributed by atoms with Gasteiger partial charge < -0.3 is 25.0 Å². The molecule has 1 fully saturated rings. The van der Waals surface area contributed by atoms with Crippen LogP contribution in [-0.2, 0) is 14.3 Å². The monoisotopic (exact) mass is 503 g/mol. The molecule has 0 bridgehead atoms. The van der Waals surface area contributed by atoms with E-state index in [9.17, 15) is 14.4 Å². The van der Waals surface area contributed by atoms with Crippen molar-refractivity contribution in [3.63, 3.8) is 0 Å². The summed E-state index contributed by atoms with van der Waals surface area (Å²) in [6.45, 7) is 9.59. The molecule has 190 valence electrons. The van der Waals surface area contributed by atoms with Crippen molar-refractivity contribution in [1.82, 2.24) is 9.80 Å². The van der Waals surface area contributed by atoms with E-state index in [1.807, 2.05) is 32.0 Å². The fourth-order valence-electron chi connectivity index (χ4n) is 3.57. The van der Waals surface area contributed by atoms with E-state index in [1.165, 1.54) is 16.9 Å². The first-order valence-electron chi connectivity index (χ1n) is 11.5. The van der Waals surface area contributed by atoms with Gasteiger partial charge in [0.1, 0.15) is 11.6 Å². The number of nitrogen functional groups attached to an aromatic ring is 1. The summed E-state index contributed by atoms with van der Waals surface area (Å²) in [5, 5.41) is 0.606. The number of nitrogens with zero attached hydrogens (tertiary/aromatic N) is 2. The maximum absolute atomic E-state index is 13.5. The van der Waals surface area contributed by atoms with Crippen LogP contribution in [0.1, 0.15) is 45.0 Å².